The Labute approximate surface area is 213 Å². The van der Waals surface area contributed by atoms with Gasteiger partial charge in [-0.2, -0.15) is 5.10 Å². The molecule has 1 heterocycles. The summed E-state index contributed by atoms with van der Waals surface area (Å²) >= 11 is 0. The highest BCUT2D eigenvalue weighted by Gasteiger charge is 2.19. The van der Waals surface area contributed by atoms with E-state index in [4.69, 9.17) is 4.42 Å². The first-order valence-electron chi connectivity index (χ1n) is 11.5. The summed E-state index contributed by atoms with van der Waals surface area (Å²) in [6, 6.07) is 25.4. The molecule has 0 saturated carbocycles. The molecule has 0 bridgehead atoms. The molecule has 0 aliphatic rings. The molecule has 2 amide bonds. The van der Waals surface area contributed by atoms with E-state index in [0.29, 0.717) is 28.2 Å². The molecule has 0 unspecified atom stereocenters. The summed E-state index contributed by atoms with van der Waals surface area (Å²) in [5.74, 6) is 0.241. The van der Waals surface area contributed by atoms with Crippen molar-refractivity contribution in [3.05, 3.63) is 124 Å². The number of carbonyl (C=O) groups excluding carboxylic acids is 2. The van der Waals surface area contributed by atoms with Gasteiger partial charge in [0.25, 0.3) is 11.6 Å². The average Bonchev–Trinajstić information content (AvgIpc) is 3.37. The van der Waals surface area contributed by atoms with Crippen LogP contribution >= 0.6 is 0 Å². The maximum absolute atomic E-state index is 12.7. The van der Waals surface area contributed by atoms with E-state index in [1.165, 1.54) is 18.3 Å². The predicted molar refractivity (Wildman–Crippen MR) is 139 cm³/mol. The summed E-state index contributed by atoms with van der Waals surface area (Å²) in [7, 11) is 0. The molecule has 0 aliphatic heterocycles. The predicted octanol–water partition coefficient (Wildman–Crippen LogP) is 5.17. The van der Waals surface area contributed by atoms with Gasteiger partial charge in [0, 0.05) is 23.3 Å². The molecule has 1 atom stereocenters. The Morgan fingerprint density at radius 1 is 1.00 bits per heavy atom. The number of nitrogens with zero attached hydrogens (tertiary/aromatic N) is 2. The smallest absolute Gasteiger partial charge is 0.269 e. The Morgan fingerprint density at radius 3 is 2.38 bits per heavy atom. The van der Waals surface area contributed by atoms with Gasteiger partial charge < -0.3 is 9.73 Å². The first-order chi connectivity index (χ1) is 17.9. The molecule has 0 saturated heterocycles. The van der Waals surface area contributed by atoms with Gasteiger partial charge in [-0.15, -0.1) is 0 Å². The second-order valence-corrected chi connectivity index (χ2v) is 8.26. The maximum Gasteiger partial charge on any atom is 0.269 e. The Hall–Kier alpha value is -5.05. The molecule has 186 valence electrons. The number of nitro groups is 1. The number of nitrogens with one attached hydrogen (secondary N) is 2. The number of hydrogen-bond donors (Lipinski definition) is 2. The number of carbonyl (C=O) groups is 2. The van der Waals surface area contributed by atoms with E-state index in [-0.39, 0.29) is 18.0 Å². The number of non-ortho nitro benzene ring substituents is 1. The first kappa shape index (κ1) is 25.1. The normalized spacial score (nSPS) is 11.7. The molecular formula is C28H24N4O5. The third kappa shape index (κ3) is 6.55. The Morgan fingerprint density at radius 2 is 1.70 bits per heavy atom. The Bertz CT molecular complexity index is 1430. The fourth-order valence-corrected chi connectivity index (χ4v) is 3.77. The molecule has 37 heavy (non-hydrogen) atoms. The average molecular weight is 497 g/mol. The van der Waals surface area contributed by atoms with Gasteiger partial charge in [-0.3, -0.25) is 19.7 Å². The van der Waals surface area contributed by atoms with Gasteiger partial charge in [-0.1, -0.05) is 48.5 Å². The molecule has 0 spiro atoms. The SMILES string of the molecule is Cc1cc([N+](=O)[O-])ccc1-c1ccc(/C=N\NC(=O)C[C@H](NC(=O)c2ccccc2)c2ccccc2)o1. The summed E-state index contributed by atoms with van der Waals surface area (Å²) in [4.78, 5) is 35.8. The van der Waals surface area contributed by atoms with Gasteiger partial charge in [0.1, 0.15) is 11.5 Å². The molecule has 9 nitrogen and oxygen atoms in total. The van der Waals surface area contributed by atoms with E-state index in [1.807, 2.05) is 36.4 Å². The quantitative estimate of drug-likeness (QED) is 0.188. The van der Waals surface area contributed by atoms with Gasteiger partial charge in [0.15, 0.2) is 0 Å². The lowest BCUT2D eigenvalue weighted by atomic mass is 10.0. The number of rotatable bonds is 9. The summed E-state index contributed by atoms with van der Waals surface area (Å²) in [5.41, 5.74) is 5.18. The number of amides is 2. The number of nitro benzene ring substituents is 1. The van der Waals surface area contributed by atoms with Gasteiger partial charge in [0.05, 0.1) is 23.6 Å². The standard InChI is InChI=1S/C28H24N4O5/c1-19-16-22(32(35)36)12-14-24(19)26-15-13-23(37-26)18-29-31-27(33)17-25(20-8-4-2-5-9-20)30-28(34)21-10-6-3-7-11-21/h2-16,18,25H,17H2,1H3,(H,30,34)(H,31,33)/b29-18-/t25-/m0/s1. The number of hydrazone groups is 1. The lowest BCUT2D eigenvalue weighted by Gasteiger charge is -2.18. The third-order valence-corrected chi connectivity index (χ3v) is 5.63. The maximum atomic E-state index is 12.7. The van der Waals surface area contributed by atoms with E-state index in [9.17, 15) is 19.7 Å². The van der Waals surface area contributed by atoms with Crippen molar-refractivity contribution in [1.29, 1.82) is 0 Å². The minimum absolute atomic E-state index is 0.00562. The van der Waals surface area contributed by atoms with Crippen molar-refractivity contribution in [2.24, 2.45) is 5.10 Å². The van der Waals surface area contributed by atoms with Crippen LogP contribution < -0.4 is 10.7 Å². The van der Waals surface area contributed by atoms with Crippen molar-refractivity contribution in [1.82, 2.24) is 10.7 Å². The van der Waals surface area contributed by atoms with Crippen molar-refractivity contribution in [3.63, 3.8) is 0 Å². The summed E-state index contributed by atoms with van der Waals surface area (Å²) < 4.78 is 5.76. The highest BCUT2D eigenvalue weighted by Crippen LogP contribution is 2.28. The summed E-state index contributed by atoms with van der Waals surface area (Å²) in [5, 5.41) is 17.8. The number of hydrogen-bond acceptors (Lipinski definition) is 6. The zero-order valence-electron chi connectivity index (χ0n) is 20.0. The summed E-state index contributed by atoms with van der Waals surface area (Å²) in [6.45, 7) is 1.76. The molecule has 0 fully saturated rings. The van der Waals surface area contributed by atoms with E-state index in [2.05, 4.69) is 15.8 Å². The number of aryl methyl sites for hydroxylation is 1. The molecule has 2 N–H and O–H groups in total. The van der Waals surface area contributed by atoms with Gasteiger partial charge in [0.2, 0.25) is 5.91 Å². The van der Waals surface area contributed by atoms with E-state index in [0.717, 1.165) is 5.56 Å². The monoisotopic (exact) mass is 496 g/mol. The number of furan rings is 1. The van der Waals surface area contributed by atoms with Crippen molar-refractivity contribution < 1.29 is 18.9 Å². The van der Waals surface area contributed by atoms with Crippen molar-refractivity contribution in [2.75, 3.05) is 0 Å². The number of benzene rings is 3. The molecule has 0 aliphatic carbocycles. The topological polar surface area (TPSA) is 127 Å². The minimum Gasteiger partial charge on any atom is -0.455 e. The second-order valence-electron chi connectivity index (χ2n) is 8.26. The Kier molecular flexibility index (Phi) is 7.85. The lowest BCUT2D eigenvalue weighted by molar-refractivity contribution is -0.384. The molecular weight excluding hydrogens is 472 g/mol. The van der Waals surface area contributed by atoms with Gasteiger partial charge in [-0.25, -0.2) is 5.43 Å². The van der Waals surface area contributed by atoms with Crippen LogP contribution in [0.25, 0.3) is 11.3 Å². The van der Waals surface area contributed by atoms with Crippen molar-refractivity contribution in [2.45, 2.75) is 19.4 Å². The molecule has 1 aromatic heterocycles. The molecule has 3 aromatic carbocycles. The molecule has 4 rings (SSSR count). The van der Waals surface area contributed by atoms with Crippen LogP contribution in [0.15, 0.2) is 101 Å². The van der Waals surface area contributed by atoms with Crippen LogP contribution in [0.1, 0.15) is 39.7 Å². The summed E-state index contributed by atoms with van der Waals surface area (Å²) in [6.07, 6.45) is 1.34. The second kappa shape index (κ2) is 11.6. The van der Waals surface area contributed by atoms with E-state index in [1.54, 1.807) is 49.4 Å². The minimum atomic E-state index is -0.551. The van der Waals surface area contributed by atoms with Crippen molar-refractivity contribution >= 4 is 23.7 Å². The Balaban J connectivity index is 1.40. The zero-order valence-corrected chi connectivity index (χ0v) is 20.0. The van der Waals surface area contributed by atoms with E-state index >= 15 is 0 Å². The first-order valence-corrected chi connectivity index (χ1v) is 11.5. The molecule has 4 aromatic rings. The van der Waals surface area contributed by atoms with Crippen LogP contribution in [0.2, 0.25) is 0 Å². The van der Waals surface area contributed by atoms with Crippen LogP contribution in [0.4, 0.5) is 5.69 Å². The molecule has 9 heteroatoms. The molecule has 0 radical (unpaired) electrons. The van der Waals surface area contributed by atoms with Crippen LogP contribution in [0, 0.1) is 17.0 Å². The fourth-order valence-electron chi connectivity index (χ4n) is 3.77. The van der Waals surface area contributed by atoms with Crippen LogP contribution in [-0.2, 0) is 4.79 Å². The largest absolute Gasteiger partial charge is 0.455 e. The highest BCUT2D eigenvalue weighted by molar-refractivity contribution is 5.94. The van der Waals surface area contributed by atoms with Crippen LogP contribution in [-0.4, -0.2) is 23.0 Å². The highest BCUT2D eigenvalue weighted by atomic mass is 16.6. The van der Waals surface area contributed by atoms with Crippen LogP contribution in [0.3, 0.4) is 0 Å². The zero-order chi connectivity index (χ0) is 26.2. The third-order valence-electron chi connectivity index (χ3n) is 5.63. The van der Waals surface area contributed by atoms with Crippen LogP contribution in [0.5, 0.6) is 0 Å². The van der Waals surface area contributed by atoms with Gasteiger partial charge in [-0.05, 0) is 48.4 Å². The lowest BCUT2D eigenvalue weighted by Crippen LogP contribution is -2.32. The van der Waals surface area contributed by atoms with Crippen molar-refractivity contribution in [3.8, 4) is 11.3 Å². The van der Waals surface area contributed by atoms with Gasteiger partial charge >= 0.3 is 0 Å². The van der Waals surface area contributed by atoms with E-state index < -0.39 is 16.9 Å². The fraction of sp³-hybridized carbons (Fsp3) is 0.107.